The van der Waals surface area contributed by atoms with Gasteiger partial charge in [-0.2, -0.15) is 0 Å². The fraction of sp³-hybridized carbons (Fsp3) is 0.810. The Bertz CT molecular complexity index is 442. The predicted molar refractivity (Wildman–Crippen MR) is 113 cm³/mol. The number of unbranched alkanes of at least 4 members (excludes halogenated alkanes) is 14. The molecule has 1 rings (SSSR count). The van der Waals surface area contributed by atoms with Crippen molar-refractivity contribution in [2.75, 3.05) is 0 Å². The van der Waals surface area contributed by atoms with E-state index in [9.17, 15) is 0 Å². The molecule has 0 aliphatic carbocycles. The molecule has 1 heterocycles. The Hall–Kier alpha value is -0.900. The fourth-order valence-corrected chi connectivity index (χ4v) is 3.38. The zero-order valence-corrected chi connectivity index (χ0v) is 17.1. The normalized spacial score (nSPS) is 11.1. The number of imidazole rings is 1. The first kappa shape index (κ1) is 22.1. The fourth-order valence-electron chi connectivity index (χ4n) is 3.28. The van der Waals surface area contributed by atoms with E-state index in [1.165, 1.54) is 96.3 Å². The molecular formula is C21H39N3S. The summed E-state index contributed by atoms with van der Waals surface area (Å²) in [5.74, 6) is 1.01. The van der Waals surface area contributed by atoms with Crippen molar-refractivity contribution in [2.45, 2.75) is 110 Å². The van der Waals surface area contributed by atoms with Crippen molar-refractivity contribution in [3.05, 3.63) is 17.7 Å². The van der Waals surface area contributed by atoms with Gasteiger partial charge in [-0.05, 0) is 6.42 Å². The van der Waals surface area contributed by atoms with E-state index in [1.54, 1.807) is 6.20 Å². The molecule has 0 fully saturated rings. The minimum Gasteiger partial charge on any atom is -0.388 e. The highest BCUT2D eigenvalue weighted by atomic mass is 32.1. The highest BCUT2D eigenvalue weighted by Gasteiger charge is 2.02. The number of hydrogen-bond acceptors (Lipinski definition) is 2. The average molecular weight is 366 g/mol. The summed E-state index contributed by atoms with van der Waals surface area (Å²) in [6.45, 7) is 2.28. The maximum absolute atomic E-state index is 5.57. The lowest BCUT2D eigenvalue weighted by molar-refractivity contribution is 0.531. The van der Waals surface area contributed by atoms with Crippen LogP contribution in [0, 0.1) is 0 Å². The van der Waals surface area contributed by atoms with Gasteiger partial charge in [-0.3, -0.25) is 0 Å². The Kier molecular flexibility index (Phi) is 13.6. The van der Waals surface area contributed by atoms with Crippen molar-refractivity contribution in [3.8, 4) is 0 Å². The molecule has 25 heavy (non-hydrogen) atoms. The van der Waals surface area contributed by atoms with Gasteiger partial charge in [-0.1, -0.05) is 109 Å². The summed E-state index contributed by atoms with van der Waals surface area (Å²) >= 11 is 4.93. The van der Waals surface area contributed by atoms with Gasteiger partial charge in [0.05, 0.1) is 11.9 Å². The lowest BCUT2D eigenvalue weighted by Gasteiger charge is -2.03. The Balaban J connectivity index is 1.79. The quantitative estimate of drug-likeness (QED) is 0.246. The molecule has 0 bridgehead atoms. The van der Waals surface area contributed by atoms with E-state index in [0.717, 1.165) is 17.9 Å². The second kappa shape index (κ2) is 15.4. The number of hydrogen-bond donors (Lipinski definition) is 2. The predicted octanol–water partition coefficient (Wildman–Crippen LogP) is 6.46. The van der Waals surface area contributed by atoms with Gasteiger partial charge >= 0.3 is 0 Å². The summed E-state index contributed by atoms with van der Waals surface area (Å²) in [5, 5.41) is 0. The van der Waals surface area contributed by atoms with Gasteiger partial charge < -0.3 is 10.7 Å². The van der Waals surface area contributed by atoms with Gasteiger partial charge in [0, 0.05) is 6.42 Å². The SMILES string of the molecule is CCCCCCCCCCCCCCCCCc1ncc(C(N)=S)[nH]1. The molecule has 0 aliphatic heterocycles. The molecule has 0 unspecified atom stereocenters. The maximum Gasteiger partial charge on any atom is 0.122 e. The first-order chi connectivity index (χ1) is 12.2. The van der Waals surface area contributed by atoms with Crippen LogP contribution >= 0.6 is 12.2 Å². The number of aromatic nitrogens is 2. The zero-order chi connectivity index (χ0) is 18.2. The van der Waals surface area contributed by atoms with Crippen LogP contribution < -0.4 is 5.73 Å². The van der Waals surface area contributed by atoms with Crippen molar-refractivity contribution in [3.63, 3.8) is 0 Å². The summed E-state index contributed by atoms with van der Waals surface area (Å²) < 4.78 is 0. The van der Waals surface area contributed by atoms with Gasteiger partial charge in [0.2, 0.25) is 0 Å². The van der Waals surface area contributed by atoms with Gasteiger partial charge in [0.25, 0.3) is 0 Å². The molecule has 0 amide bonds. The molecule has 0 radical (unpaired) electrons. The number of rotatable bonds is 17. The Morgan fingerprint density at radius 1 is 0.840 bits per heavy atom. The third kappa shape index (κ3) is 12.1. The van der Waals surface area contributed by atoms with E-state index in [0.29, 0.717) is 4.99 Å². The van der Waals surface area contributed by atoms with Crippen LogP contribution in [-0.4, -0.2) is 15.0 Å². The highest BCUT2D eigenvalue weighted by Crippen LogP contribution is 2.13. The molecule has 3 N–H and O–H groups in total. The first-order valence-corrected chi connectivity index (χ1v) is 11.0. The second-order valence-corrected chi connectivity index (χ2v) is 7.75. The van der Waals surface area contributed by atoms with Gasteiger partial charge in [0.1, 0.15) is 10.8 Å². The summed E-state index contributed by atoms with van der Waals surface area (Å²) in [4.78, 5) is 7.90. The summed E-state index contributed by atoms with van der Waals surface area (Å²) in [5.41, 5.74) is 6.36. The van der Waals surface area contributed by atoms with Crippen LogP contribution in [0.15, 0.2) is 6.20 Å². The van der Waals surface area contributed by atoms with Crippen molar-refractivity contribution < 1.29 is 0 Å². The van der Waals surface area contributed by atoms with Crippen LogP contribution in [0.4, 0.5) is 0 Å². The minimum absolute atomic E-state index is 0.398. The largest absolute Gasteiger partial charge is 0.388 e. The van der Waals surface area contributed by atoms with Crippen LogP contribution in [0.1, 0.15) is 115 Å². The molecule has 1 aromatic rings. The molecule has 0 spiro atoms. The number of nitrogens with two attached hydrogens (primary N) is 1. The molecular weight excluding hydrogens is 326 g/mol. The minimum atomic E-state index is 0.398. The van der Waals surface area contributed by atoms with Crippen LogP contribution in [-0.2, 0) is 6.42 Å². The molecule has 3 nitrogen and oxygen atoms in total. The molecule has 144 valence electrons. The summed E-state index contributed by atoms with van der Waals surface area (Å²) in [6.07, 6.45) is 23.7. The second-order valence-electron chi connectivity index (χ2n) is 7.31. The number of aromatic amines is 1. The van der Waals surface area contributed by atoms with Gasteiger partial charge in [-0.25, -0.2) is 4.98 Å². The first-order valence-electron chi connectivity index (χ1n) is 10.6. The van der Waals surface area contributed by atoms with Crippen molar-refractivity contribution in [2.24, 2.45) is 5.73 Å². The lowest BCUT2D eigenvalue weighted by Crippen LogP contribution is -2.09. The van der Waals surface area contributed by atoms with E-state index in [4.69, 9.17) is 18.0 Å². The van der Waals surface area contributed by atoms with E-state index in [2.05, 4.69) is 16.9 Å². The van der Waals surface area contributed by atoms with Crippen LogP contribution in [0.25, 0.3) is 0 Å². The average Bonchev–Trinajstić information content (AvgIpc) is 3.07. The van der Waals surface area contributed by atoms with E-state index in [-0.39, 0.29) is 0 Å². The van der Waals surface area contributed by atoms with Gasteiger partial charge in [0.15, 0.2) is 0 Å². The van der Waals surface area contributed by atoms with Crippen LogP contribution in [0.3, 0.4) is 0 Å². The summed E-state index contributed by atoms with van der Waals surface area (Å²) in [6, 6.07) is 0. The third-order valence-electron chi connectivity index (χ3n) is 4.91. The third-order valence-corrected chi connectivity index (χ3v) is 5.13. The van der Waals surface area contributed by atoms with Crippen molar-refractivity contribution in [1.82, 2.24) is 9.97 Å². The topological polar surface area (TPSA) is 54.7 Å². The summed E-state index contributed by atoms with van der Waals surface area (Å²) in [7, 11) is 0. The lowest BCUT2D eigenvalue weighted by atomic mass is 10.0. The molecule has 0 saturated heterocycles. The smallest absolute Gasteiger partial charge is 0.122 e. The molecule has 1 aromatic heterocycles. The standard InChI is InChI=1S/C21H39N3S/c1-2-3-4-5-6-7-8-9-10-11-12-13-14-15-16-17-20-23-18-19(24-20)21(22)25/h18H,2-17H2,1H3,(H2,22,25)(H,23,24). The van der Waals surface area contributed by atoms with Gasteiger partial charge in [-0.15, -0.1) is 0 Å². The monoisotopic (exact) mass is 365 g/mol. The zero-order valence-electron chi connectivity index (χ0n) is 16.3. The number of aryl methyl sites for hydroxylation is 1. The molecule has 0 aromatic carbocycles. The Morgan fingerprint density at radius 3 is 1.68 bits per heavy atom. The molecule has 0 saturated carbocycles. The van der Waals surface area contributed by atoms with Crippen molar-refractivity contribution >= 4 is 17.2 Å². The highest BCUT2D eigenvalue weighted by molar-refractivity contribution is 7.80. The van der Waals surface area contributed by atoms with Crippen LogP contribution in [0.5, 0.6) is 0 Å². The molecule has 0 aliphatic rings. The Morgan fingerprint density at radius 2 is 1.28 bits per heavy atom. The number of nitrogens with one attached hydrogen (secondary N) is 1. The molecule has 4 heteroatoms. The number of thiocarbonyl (C=S) groups is 1. The van der Waals surface area contributed by atoms with E-state index in [1.807, 2.05) is 0 Å². The van der Waals surface area contributed by atoms with E-state index < -0.39 is 0 Å². The van der Waals surface area contributed by atoms with Crippen molar-refractivity contribution in [1.29, 1.82) is 0 Å². The Labute approximate surface area is 160 Å². The van der Waals surface area contributed by atoms with E-state index >= 15 is 0 Å². The number of H-pyrrole nitrogens is 1. The van der Waals surface area contributed by atoms with Crippen LogP contribution in [0.2, 0.25) is 0 Å². The maximum atomic E-state index is 5.57. The number of nitrogens with zero attached hydrogens (tertiary/aromatic N) is 1. The molecule has 0 atom stereocenters.